The first-order valence-corrected chi connectivity index (χ1v) is 7.13. The Labute approximate surface area is 125 Å². The third kappa shape index (κ3) is 3.79. The summed E-state index contributed by atoms with van der Waals surface area (Å²) < 4.78 is 0. The molecule has 2 aromatic rings. The van der Waals surface area contributed by atoms with Gasteiger partial charge in [-0.05, 0) is 25.0 Å². The number of nitrogens with two attached hydrogens (primary N) is 1. The zero-order valence-corrected chi connectivity index (χ0v) is 12.2. The Hall–Kier alpha value is -2.41. The van der Waals surface area contributed by atoms with E-state index >= 15 is 0 Å². The molecule has 2 rings (SSSR count). The molecule has 0 bridgehead atoms. The quantitative estimate of drug-likeness (QED) is 0.786. The van der Waals surface area contributed by atoms with Crippen molar-refractivity contribution in [2.24, 2.45) is 0 Å². The molecule has 7 heteroatoms. The van der Waals surface area contributed by atoms with Gasteiger partial charge in [0.1, 0.15) is 4.88 Å². The number of nitrogens with one attached hydrogen (secondary N) is 1. The second kappa shape index (κ2) is 6.36. The smallest absolute Gasteiger partial charge is 0.303 e. The molecule has 0 saturated heterocycles. The number of carbonyl (C=O) groups excluding carboxylic acids is 1. The summed E-state index contributed by atoms with van der Waals surface area (Å²) in [6, 6.07) is 7.14. The van der Waals surface area contributed by atoms with E-state index in [1.54, 1.807) is 25.1 Å². The summed E-state index contributed by atoms with van der Waals surface area (Å²) in [4.78, 5) is 27.4. The number of anilines is 2. The molecule has 0 aliphatic carbocycles. The molecule has 0 radical (unpaired) electrons. The lowest BCUT2D eigenvalue weighted by Gasteiger charge is -2.09. The number of carbonyl (C=O) groups is 2. The van der Waals surface area contributed by atoms with E-state index in [1.165, 1.54) is 0 Å². The van der Waals surface area contributed by atoms with Crippen LogP contribution in [0.5, 0.6) is 0 Å². The number of benzene rings is 1. The minimum absolute atomic E-state index is 0.0133. The van der Waals surface area contributed by atoms with Crippen LogP contribution >= 0.6 is 11.3 Å². The van der Waals surface area contributed by atoms with Gasteiger partial charge in [-0.2, -0.15) is 0 Å². The van der Waals surface area contributed by atoms with Crippen LogP contribution in [-0.2, 0) is 11.2 Å². The summed E-state index contributed by atoms with van der Waals surface area (Å²) >= 11 is 1.13. The van der Waals surface area contributed by atoms with Gasteiger partial charge in [0.15, 0.2) is 5.13 Å². The zero-order valence-electron chi connectivity index (χ0n) is 11.4. The number of hydrogen-bond acceptors (Lipinski definition) is 5. The van der Waals surface area contributed by atoms with Crippen LogP contribution in [0.25, 0.3) is 0 Å². The van der Waals surface area contributed by atoms with Gasteiger partial charge in [-0.3, -0.25) is 9.59 Å². The summed E-state index contributed by atoms with van der Waals surface area (Å²) in [6.45, 7) is 1.72. The number of para-hydroxylation sites is 1. The number of carboxylic acid groups (broad SMARTS) is 1. The van der Waals surface area contributed by atoms with Gasteiger partial charge in [0, 0.05) is 12.1 Å². The maximum absolute atomic E-state index is 12.2. The number of aliphatic carboxylic acids is 1. The monoisotopic (exact) mass is 305 g/mol. The molecule has 6 nitrogen and oxygen atoms in total. The summed E-state index contributed by atoms with van der Waals surface area (Å²) in [5.41, 5.74) is 7.55. The van der Waals surface area contributed by atoms with Gasteiger partial charge in [-0.1, -0.05) is 29.5 Å². The number of amides is 1. The summed E-state index contributed by atoms with van der Waals surface area (Å²) in [5, 5.41) is 11.9. The average molecular weight is 305 g/mol. The molecule has 1 amide bonds. The van der Waals surface area contributed by atoms with Crippen LogP contribution in [0.2, 0.25) is 0 Å². The van der Waals surface area contributed by atoms with Gasteiger partial charge < -0.3 is 16.2 Å². The van der Waals surface area contributed by atoms with E-state index in [-0.39, 0.29) is 12.3 Å². The van der Waals surface area contributed by atoms with Crippen LogP contribution in [0.4, 0.5) is 10.8 Å². The second-order valence-electron chi connectivity index (χ2n) is 4.47. The highest BCUT2D eigenvalue weighted by Crippen LogP contribution is 2.23. The fourth-order valence-electron chi connectivity index (χ4n) is 1.91. The van der Waals surface area contributed by atoms with Crippen molar-refractivity contribution in [3.8, 4) is 0 Å². The third-order valence-electron chi connectivity index (χ3n) is 2.89. The highest BCUT2D eigenvalue weighted by atomic mass is 32.1. The third-order valence-corrected chi connectivity index (χ3v) is 3.88. The molecule has 0 unspecified atom stereocenters. The first-order chi connectivity index (χ1) is 9.97. The predicted octanol–water partition coefficient (Wildman–Crippen LogP) is 2.30. The fourth-order valence-corrected chi connectivity index (χ4v) is 2.64. The highest BCUT2D eigenvalue weighted by molar-refractivity contribution is 7.17. The van der Waals surface area contributed by atoms with Crippen LogP contribution in [-0.4, -0.2) is 22.0 Å². The van der Waals surface area contributed by atoms with E-state index in [0.717, 1.165) is 16.9 Å². The number of nitrogens with zero attached hydrogens (tertiary/aromatic N) is 1. The molecule has 0 atom stereocenters. The van der Waals surface area contributed by atoms with Crippen molar-refractivity contribution in [1.29, 1.82) is 0 Å². The molecule has 0 aliphatic heterocycles. The maximum Gasteiger partial charge on any atom is 0.303 e. The first kappa shape index (κ1) is 15.0. The Morgan fingerprint density at radius 2 is 2.10 bits per heavy atom. The summed E-state index contributed by atoms with van der Waals surface area (Å²) in [5.74, 6) is -1.16. The van der Waals surface area contributed by atoms with Crippen molar-refractivity contribution in [2.45, 2.75) is 19.8 Å². The summed E-state index contributed by atoms with van der Waals surface area (Å²) in [6.07, 6.45) is 0.370. The molecular formula is C14H15N3O3S. The van der Waals surface area contributed by atoms with E-state index in [0.29, 0.717) is 27.8 Å². The number of aryl methyl sites for hydroxylation is 2. The van der Waals surface area contributed by atoms with Crippen LogP contribution in [0.1, 0.15) is 27.3 Å². The number of hydrogen-bond donors (Lipinski definition) is 3. The van der Waals surface area contributed by atoms with E-state index in [2.05, 4.69) is 10.3 Å². The van der Waals surface area contributed by atoms with Crippen molar-refractivity contribution in [3.63, 3.8) is 0 Å². The van der Waals surface area contributed by atoms with Gasteiger partial charge >= 0.3 is 5.97 Å². The fraction of sp³-hybridized carbons (Fsp3) is 0.214. The number of aromatic nitrogens is 1. The Kier molecular flexibility index (Phi) is 4.54. The lowest BCUT2D eigenvalue weighted by atomic mass is 10.1. The minimum atomic E-state index is -0.873. The van der Waals surface area contributed by atoms with Crippen LogP contribution < -0.4 is 11.1 Å². The van der Waals surface area contributed by atoms with E-state index in [9.17, 15) is 9.59 Å². The Morgan fingerprint density at radius 1 is 1.38 bits per heavy atom. The topological polar surface area (TPSA) is 105 Å². The maximum atomic E-state index is 12.2. The molecule has 1 heterocycles. The standard InChI is InChI=1S/C14H15N3O3S/c1-8-12(21-14(15)16-8)13(20)17-10-5-3-2-4-9(10)6-7-11(18)19/h2-5H,6-7H2,1H3,(H2,15,16)(H,17,20)(H,18,19). The zero-order chi connectivity index (χ0) is 15.4. The van der Waals surface area contributed by atoms with Gasteiger partial charge in [-0.15, -0.1) is 0 Å². The lowest BCUT2D eigenvalue weighted by Crippen LogP contribution is -2.13. The molecule has 4 N–H and O–H groups in total. The molecule has 1 aromatic heterocycles. The minimum Gasteiger partial charge on any atom is -0.481 e. The van der Waals surface area contributed by atoms with E-state index < -0.39 is 5.97 Å². The van der Waals surface area contributed by atoms with Crippen LogP contribution in [0.15, 0.2) is 24.3 Å². The number of carboxylic acids is 1. The molecular weight excluding hydrogens is 290 g/mol. The molecule has 0 spiro atoms. The van der Waals surface area contributed by atoms with Crippen molar-refractivity contribution in [3.05, 3.63) is 40.4 Å². The van der Waals surface area contributed by atoms with Crippen LogP contribution in [0, 0.1) is 6.92 Å². The largest absolute Gasteiger partial charge is 0.481 e. The van der Waals surface area contributed by atoms with E-state index in [4.69, 9.17) is 10.8 Å². The molecule has 0 saturated carbocycles. The van der Waals surface area contributed by atoms with Gasteiger partial charge in [0.25, 0.3) is 5.91 Å². The molecule has 21 heavy (non-hydrogen) atoms. The molecule has 0 aliphatic rings. The Bertz CT molecular complexity index is 682. The number of nitrogen functional groups attached to an aromatic ring is 1. The van der Waals surface area contributed by atoms with Gasteiger partial charge in [0.2, 0.25) is 0 Å². The molecule has 1 aromatic carbocycles. The van der Waals surface area contributed by atoms with E-state index in [1.807, 2.05) is 6.07 Å². The predicted molar refractivity (Wildman–Crippen MR) is 81.6 cm³/mol. The molecule has 110 valence electrons. The lowest BCUT2D eigenvalue weighted by molar-refractivity contribution is -0.136. The normalized spacial score (nSPS) is 10.3. The highest BCUT2D eigenvalue weighted by Gasteiger charge is 2.15. The van der Waals surface area contributed by atoms with Gasteiger partial charge in [0.05, 0.1) is 5.69 Å². The number of rotatable bonds is 5. The second-order valence-corrected chi connectivity index (χ2v) is 5.50. The summed E-state index contributed by atoms with van der Waals surface area (Å²) in [7, 11) is 0. The Morgan fingerprint density at radius 3 is 2.71 bits per heavy atom. The molecule has 0 fully saturated rings. The SMILES string of the molecule is Cc1nc(N)sc1C(=O)Nc1ccccc1CCC(=O)O. The van der Waals surface area contributed by atoms with Crippen molar-refractivity contribution in [1.82, 2.24) is 4.98 Å². The van der Waals surface area contributed by atoms with Crippen LogP contribution in [0.3, 0.4) is 0 Å². The van der Waals surface area contributed by atoms with Crippen molar-refractivity contribution in [2.75, 3.05) is 11.1 Å². The Balaban J connectivity index is 2.17. The van der Waals surface area contributed by atoms with Gasteiger partial charge in [-0.25, -0.2) is 4.98 Å². The van der Waals surface area contributed by atoms with Crippen molar-refractivity contribution >= 4 is 34.0 Å². The number of thiazole rings is 1. The average Bonchev–Trinajstić information content (AvgIpc) is 2.76. The van der Waals surface area contributed by atoms with Crippen molar-refractivity contribution < 1.29 is 14.7 Å². The first-order valence-electron chi connectivity index (χ1n) is 6.31.